The lowest BCUT2D eigenvalue weighted by Gasteiger charge is -2.20. The minimum Gasteiger partial charge on any atom is -0.383 e. The molecule has 7 heteroatoms. The number of alkyl halides is 3. The smallest absolute Gasteiger partial charge is 0.383 e. The molecular weight excluding hydrogens is 321 g/mol. The van der Waals surface area contributed by atoms with Gasteiger partial charge in [-0.25, -0.2) is 0 Å². The van der Waals surface area contributed by atoms with Crippen LogP contribution >= 0.6 is 0 Å². The van der Waals surface area contributed by atoms with Crippen LogP contribution in [0.5, 0.6) is 0 Å². The van der Waals surface area contributed by atoms with Crippen molar-refractivity contribution in [1.82, 2.24) is 0 Å². The van der Waals surface area contributed by atoms with Crippen LogP contribution in [0.25, 0.3) is 5.57 Å². The number of benzene rings is 1. The number of rotatable bonds is 6. The first kappa shape index (κ1) is 18.3. The fourth-order valence-electron chi connectivity index (χ4n) is 2.48. The molecule has 1 heterocycles. The molecule has 1 unspecified atom stereocenters. The second kappa shape index (κ2) is 7.24. The normalized spacial score (nSPS) is 20.6. The van der Waals surface area contributed by atoms with Gasteiger partial charge in [-0.15, -0.1) is 0 Å². The monoisotopic (exact) mass is 340 g/mol. The summed E-state index contributed by atoms with van der Waals surface area (Å²) in [7, 11) is 0. The minimum atomic E-state index is -4.42. The largest absolute Gasteiger partial charge is 0.416 e. The van der Waals surface area contributed by atoms with Gasteiger partial charge in [-0.3, -0.25) is 0 Å². The van der Waals surface area contributed by atoms with Gasteiger partial charge in [0.1, 0.15) is 6.07 Å². The molecule has 0 amide bonds. The molecule has 1 saturated heterocycles. The lowest BCUT2D eigenvalue weighted by molar-refractivity contribution is -0.137. The molecule has 0 radical (unpaired) electrons. The maximum atomic E-state index is 13.0. The average Bonchev–Trinajstić information content (AvgIpc) is 3.00. The van der Waals surface area contributed by atoms with Crippen molar-refractivity contribution in [2.75, 3.05) is 31.7 Å². The van der Waals surface area contributed by atoms with E-state index in [1.165, 1.54) is 19.1 Å². The first-order chi connectivity index (χ1) is 11.3. The molecule has 1 aromatic rings. The van der Waals surface area contributed by atoms with Crippen molar-refractivity contribution < 1.29 is 22.6 Å². The molecule has 0 saturated carbocycles. The van der Waals surface area contributed by atoms with Gasteiger partial charge in [0.15, 0.2) is 5.60 Å². The number of ether oxygens (including phenoxy) is 2. The maximum Gasteiger partial charge on any atom is 0.416 e. The number of anilines is 1. The molecule has 1 fully saturated rings. The average molecular weight is 340 g/mol. The molecule has 24 heavy (non-hydrogen) atoms. The fourth-order valence-corrected chi connectivity index (χ4v) is 2.48. The van der Waals surface area contributed by atoms with E-state index in [2.05, 4.69) is 18.0 Å². The molecule has 0 bridgehead atoms. The molecular formula is C17H19F3N2O2. The predicted octanol–water partition coefficient (Wildman–Crippen LogP) is 3.85. The molecule has 0 spiro atoms. The van der Waals surface area contributed by atoms with E-state index in [4.69, 9.17) is 14.7 Å². The van der Waals surface area contributed by atoms with Crippen LogP contribution < -0.4 is 5.32 Å². The summed E-state index contributed by atoms with van der Waals surface area (Å²) in [5, 5.41) is 12.1. The zero-order valence-corrected chi connectivity index (χ0v) is 13.4. The molecule has 130 valence electrons. The molecule has 1 aliphatic rings. The molecule has 1 aromatic carbocycles. The predicted molar refractivity (Wildman–Crippen MR) is 84.4 cm³/mol. The highest BCUT2D eigenvalue weighted by Crippen LogP contribution is 2.35. The van der Waals surface area contributed by atoms with Crippen molar-refractivity contribution in [2.45, 2.75) is 25.1 Å². The van der Waals surface area contributed by atoms with Crippen molar-refractivity contribution in [1.29, 1.82) is 5.26 Å². The van der Waals surface area contributed by atoms with Gasteiger partial charge in [0.05, 0.1) is 25.4 Å². The summed E-state index contributed by atoms with van der Waals surface area (Å²) in [5.41, 5.74) is -0.675. The Morgan fingerprint density at radius 1 is 1.50 bits per heavy atom. The number of nitrogens with one attached hydrogen (secondary N) is 1. The van der Waals surface area contributed by atoms with Crippen LogP contribution in [0.4, 0.5) is 18.9 Å². The lowest BCUT2D eigenvalue weighted by atomic mass is 10.0. The zero-order chi connectivity index (χ0) is 17.8. The molecule has 0 aromatic heterocycles. The van der Waals surface area contributed by atoms with Gasteiger partial charge in [0.25, 0.3) is 0 Å². The molecule has 1 atom stereocenters. The number of hydrogen-bond acceptors (Lipinski definition) is 4. The third-order valence-electron chi connectivity index (χ3n) is 3.78. The number of hydrogen-bond donors (Lipinski definition) is 1. The summed E-state index contributed by atoms with van der Waals surface area (Å²) >= 11 is 0. The Hall–Kier alpha value is -2.04. The van der Waals surface area contributed by atoms with Crippen LogP contribution in [-0.4, -0.2) is 32.0 Å². The summed E-state index contributed by atoms with van der Waals surface area (Å²) in [4.78, 5) is 0. The van der Waals surface area contributed by atoms with Crippen molar-refractivity contribution >= 4 is 11.3 Å². The zero-order valence-electron chi connectivity index (χ0n) is 13.4. The highest BCUT2D eigenvalue weighted by molar-refractivity contribution is 5.69. The highest BCUT2D eigenvalue weighted by atomic mass is 19.4. The second-order valence-electron chi connectivity index (χ2n) is 5.72. The first-order valence-electron chi connectivity index (χ1n) is 7.51. The molecule has 0 aliphatic carbocycles. The topological polar surface area (TPSA) is 54.3 Å². The van der Waals surface area contributed by atoms with Gasteiger partial charge in [-0.05, 0) is 30.7 Å². The molecule has 4 nitrogen and oxygen atoms in total. The Morgan fingerprint density at radius 2 is 2.25 bits per heavy atom. The minimum absolute atomic E-state index is 0.0612. The summed E-state index contributed by atoms with van der Waals surface area (Å²) in [6.45, 7) is 6.49. The number of allylic oxidation sites excluding steroid dienone is 1. The summed E-state index contributed by atoms with van der Waals surface area (Å²) in [6, 6.07) is 5.94. The Labute approximate surface area is 138 Å². The van der Waals surface area contributed by atoms with E-state index in [0.29, 0.717) is 30.8 Å². The van der Waals surface area contributed by atoms with Gasteiger partial charge < -0.3 is 14.8 Å². The van der Waals surface area contributed by atoms with Crippen LogP contribution in [0, 0.1) is 11.3 Å². The van der Waals surface area contributed by atoms with E-state index in [1.807, 2.05) is 0 Å². The summed E-state index contributed by atoms with van der Waals surface area (Å²) in [6.07, 6.45) is -3.90. The van der Waals surface area contributed by atoms with Crippen LogP contribution in [0.1, 0.15) is 24.5 Å². The second-order valence-corrected chi connectivity index (χ2v) is 5.72. The maximum absolute atomic E-state index is 13.0. The van der Waals surface area contributed by atoms with Crippen LogP contribution in [0.3, 0.4) is 0 Å². The van der Waals surface area contributed by atoms with Gasteiger partial charge in [0, 0.05) is 18.7 Å². The van der Waals surface area contributed by atoms with Gasteiger partial charge >= 0.3 is 6.18 Å². The number of nitrogens with zero attached hydrogens (tertiary/aromatic N) is 1. The summed E-state index contributed by atoms with van der Waals surface area (Å²) < 4.78 is 49.7. The first-order valence-corrected chi connectivity index (χ1v) is 7.51. The molecule has 1 aliphatic heterocycles. The van der Waals surface area contributed by atoms with E-state index < -0.39 is 17.3 Å². The summed E-state index contributed by atoms with van der Waals surface area (Å²) in [5.74, 6) is 0. The third-order valence-corrected chi connectivity index (χ3v) is 3.78. The van der Waals surface area contributed by atoms with Gasteiger partial charge in [-0.2, -0.15) is 18.4 Å². The van der Waals surface area contributed by atoms with Crippen molar-refractivity contribution in [3.05, 3.63) is 35.9 Å². The van der Waals surface area contributed by atoms with E-state index in [1.54, 1.807) is 0 Å². The SMILES string of the molecule is C=C(C)c1cc(NCCOC2(C#N)CCOC2)ccc1C(F)(F)F. The van der Waals surface area contributed by atoms with E-state index in [9.17, 15) is 13.2 Å². The van der Waals surface area contributed by atoms with Gasteiger partial charge in [-0.1, -0.05) is 12.2 Å². The van der Waals surface area contributed by atoms with E-state index in [-0.39, 0.29) is 18.8 Å². The fraction of sp³-hybridized carbons (Fsp3) is 0.471. The lowest BCUT2D eigenvalue weighted by Crippen LogP contribution is -2.33. The highest BCUT2D eigenvalue weighted by Gasteiger charge is 2.36. The Balaban J connectivity index is 1.97. The molecule has 1 N–H and O–H groups in total. The Kier molecular flexibility index (Phi) is 5.52. The van der Waals surface area contributed by atoms with E-state index in [0.717, 1.165) is 6.07 Å². The van der Waals surface area contributed by atoms with Crippen LogP contribution in [-0.2, 0) is 15.7 Å². The van der Waals surface area contributed by atoms with E-state index >= 15 is 0 Å². The molecule has 2 rings (SSSR count). The Morgan fingerprint density at radius 3 is 2.79 bits per heavy atom. The van der Waals surface area contributed by atoms with Gasteiger partial charge in [0.2, 0.25) is 0 Å². The van der Waals surface area contributed by atoms with Crippen LogP contribution in [0.15, 0.2) is 24.8 Å². The Bertz CT molecular complexity index is 644. The van der Waals surface area contributed by atoms with Crippen molar-refractivity contribution in [3.63, 3.8) is 0 Å². The van der Waals surface area contributed by atoms with Crippen LogP contribution in [0.2, 0.25) is 0 Å². The van der Waals surface area contributed by atoms with Crippen molar-refractivity contribution in [2.24, 2.45) is 0 Å². The number of nitriles is 1. The van der Waals surface area contributed by atoms with Crippen molar-refractivity contribution in [3.8, 4) is 6.07 Å². The standard InChI is InChI=1S/C17H19F3N2O2/c1-12(2)14-9-13(3-4-15(14)17(18,19)20)22-6-8-24-16(10-21)5-7-23-11-16/h3-4,9,22H,1,5-8,11H2,2H3. The number of halogens is 3. The quantitative estimate of drug-likeness (QED) is 0.799. The third kappa shape index (κ3) is 4.28.